The van der Waals surface area contributed by atoms with Crippen molar-refractivity contribution in [2.75, 3.05) is 11.9 Å². The summed E-state index contributed by atoms with van der Waals surface area (Å²) >= 11 is 0. The Labute approximate surface area is 190 Å². The molecule has 4 N–H and O–H groups in total. The lowest BCUT2D eigenvalue weighted by atomic mass is 10.1. The molecular weight excluding hydrogens is 416 g/mol. The number of imidazole rings is 1. The summed E-state index contributed by atoms with van der Waals surface area (Å²) in [4.78, 5) is 32.8. The van der Waals surface area contributed by atoms with Gasteiger partial charge >= 0.3 is 0 Å². The van der Waals surface area contributed by atoms with E-state index in [4.69, 9.17) is 10.7 Å². The van der Waals surface area contributed by atoms with E-state index in [0.29, 0.717) is 29.6 Å². The maximum Gasteiger partial charge on any atom is 0.251 e. The van der Waals surface area contributed by atoms with E-state index >= 15 is 0 Å². The largest absolute Gasteiger partial charge is 0.370 e. The second-order valence-corrected chi connectivity index (χ2v) is 8.15. The molecule has 0 atom stereocenters. The van der Waals surface area contributed by atoms with Gasteiger partial charge in [0.2, 0.25) is 5.91 Å². The third-order valence-electron chi connectivity index (χ3n) is 5.58. The lowest BCUT2D eigenvalue weighted by Gasteiger charge is -2.11. The molecule has 0 unspecified atom stereocenters. The van der Waals surface area contributed by atoms with E-state index in [1.54, 1.807) is 6.20 Å². The Hall–Kier alpha value is -4.20. The van der Waals surface area contributed by atoms with Crippen LogP contribution in [-0.4, -0.2) is 38.8 Å². The highest BCUT2D eigenvalue weighted by atomic mass is 16.2. The van der Waals surface area contributed by atoms with Crippen molar-refractivity contribution in [1.29, 1.82) is 0 Å². The Balaban J connectivity index is 1.52. The number of fused-ring (bicyclic) bond motifs is 1. The number of hydrogen-bond acceptors (Lipinski definition) is 5. The number of rotatable bonds is 8. The standard InChI is InChI=1S/C25H24N6O2/c26-22(32)12-13-27-23-24-28-14-21(31(24)15-20(30-23)16-4-2-1-3-5-16)17-6-8-18(9-7-17)25(33)29-19-10-11-19/h1-9,14-15,19H,10-13H2,(H2,26,32)(H,27,30)(H,29,33). The second kappa shape index (κ2) is 8.74. The van der Waals surface area contributed by atoms with Crippen LogP contribution in [0.25, 0.3) is 28.2 Å². The summed E-state index contributed by atoms with van der Waals surface area (Å²) in [5, 5.41) is 6.20. The van der Waals surface area contributed by atoms with Crippen LogP contribution in [0.1, 0.15) is 29.6 Å². The molecular formula is C25H24N6O2. The molecule has 1 saturated carbocycles. The molecule has 0 saturated heterocycles. The SMILES string of the molecule is NC(=O)CCNc1nc(-c2ccccc2)cn2c(-c3ccc(C(=O)NC4CC4)cc3)cnc12. The zero-order valence-corrected chi connectivity index (χ0v) is 18.0. The van der Waals surface area contributed by atoms with Crippen molar-refractivity contribution in [2.24, 2.45) is 5.73 Å². The van der Waals surface area contributed by atoms with E-state index < -0.39 is 0 Å². The number of aromatic nitrogens is 3. The van der Waals surface area contributed by atoms with Crippen LogP contribution >= 0.6 is 0 Å². The molecule has 0 spiro atoms. The third-order valence-corrected chi connectivity index (χ3v) is 5.58. The highest BCUT2D eigenvalue weighted by Crippen LogP contribution is 2.28. The van der Waals surface area contributed by atoms with Gasteiger partial charge in [-0.05, 0) is 25.0 Å². The molecule has 0 bridgehead atoms. The van der Waals surface area contributed by atoms with E-state index in [1.807, 2.05) is 65.2 Å². The van der Waals surface area contributed by atoms with Gasteiger partial charge in [-0.1, -0.05) is 42.5 Å². The molecule has 8 nitrogen and oxygen atoms in total. The van der Waals surface area contributed by atoms with Gasteiger partial charge in [-0.25, -0.2) is 9.97 Å². The van der Waals surface area contributed by atoms with Gasteiger partial charge in [-0.15, -0.1) is 0 Å². The van der Waals surface area contributed by atoms with Gasteiger partial charge in [0, 0.05) is 41.9 Å². The maximum absolute atomic E-state index is 12.3. The average molecular weight is 441 g/mol. The third kappa shape index (κ3) is 4.55. The van der Waals surface area contributed by atoms with Crippen LogP contribution in [0.2, 0.25) is 0 Å². The normalized spacial score (nSPS) is 13.1. The Morgan fingerprint density at radius 3 is 2.48 bits per heavy atom. The van der Waals surface area contributed by atoms with Crippen LogP contribution in [0.15, 0.2) is 67.0 Å². The van der Waals surface area contributed by atoms with Gasteiger partial charge in [0.15, 0.2) is 11.5 Å². The minimum Gasteiger partial charge on any atom is -0.370 e. The van der Waals surface area contributed by atoms with Crippen molar-refractivity contribution < 1.29 is 9.59 Å². The number of carbonyl (C=O) groups is 2. The van der Waals surface area contributed by atoms with Crippen LogP contribution in [0.4, 0.5) is 5.82 Å². The lowest BCUT2D eigenvalue weighted by Crippen LogP contribution is -2.25. The van der Waals surface area contributed by atoms with Gasteiger partial charge in [0.1, 0.15) is 0 Å². The number of nitrogens with one attached hydrogen (secondary N) is 2. The number of primary amides is 1. The number of carbonyl (C=O) groups excluding carboxylic acids is 2. The first kappa shape index (κ1) is 20.7. The molecule has 8 heteroatoms. The molecule has 2 aromatic heterocycles. The van der Waals surface area contributed by atoms with E-state index in [0.717, 1.165) is 35.4 Å². The summed E-state index contributed by atoms with van der Waals surface area (Å²) < 4.78 is 1.97. The van der Waals surface area contributed by atoms with Crippen LogP contribution < -0.4 is 16.4 Å². The number of anilines is 1. The van der Waals surface area contributed by atoms with Crippen LogP contribution in [0, 0.1) is 0 Å². The van der Waals surface area contributed by atoms with Gasteiger partial charge in [-0.3, -0.25) is 14.0 Å². The Morgan fingerprint density at radius 2 is 1.79 bits per heavy atom. The first-order valence-corrected chi connectivity index (χ1v) is 11.0. The summed E-state index contributed by atoms with van der Waals surface area (Å²) in [5.74, 6) is 0.149. The molecule has 1 fully saturated rings. The van der Waals surface area contributed by atoms with E-state index in [9.17, 15) is 9.59 Å². The quantitative estimate of drug-likeness (QED) is 0.389. The smallest absolute Gasteiger partial charge is 0.251 e. The summed E-state index contributed by atoms with van der Waals surface area (Å²) in [6, 6.07) is 17.7. The van der Waals surface area contributed by atoms with E-state index in [1.165, 1.54) is 0 Å². The highest BCUT2D eigenvalue weighted by molar-refractivity contribution is 5.95. The minimum atomic E-state index is -0.382. The molecule has 2 amide bonds. The summed E-state index contributed by atoms with van der Waals surface area (Å²) in [6.45, 7) is 0.364. The fraction of sp³-hybridized carbons (Fsp3) is 0.200. The Bertz CT molecular complexity index is 1310. The average Bonchev–Trinajstić information content (AvgIpc) is 3.54. The lowest BCUT2D eigenvalue weighted by molar-refractivity contribution is -0.117. The summed E-state index contributed by atoms with van der Waals surface area (Å²) in [5.41, 5.74) is 10.1. The topological polar surface area (TPSA) is 114 Å². The van der Waals surface area contributed by atoms with Crippen molar-refractivity contribution in [1.82, 2.24) is 19.7 Å². The zero-order valence-electron chi connectivity index (χ0n) is 18.0. The fourth-order valence-electron chi connectivity index (χ4n) is 3.66. The van der Waals surface area contributed by atoms with Crippen LogP contribution in [0.5, 0.6) is 0 Å². The number of nitrogens with zero attached hydrogens (tertiary/aromatic N) is 3. The molecule has 2 heterocycles. The second-order valence-electron chi connectivity index (χ2n) is 8.15. The number of amides is 2. The molecule has 166 valence electrons. The van der Waals surface area contributed by atoms with Crippen LogP contribution in [0.3, 0.4) is 0 Å². The first-order chi connectivity index (χ1) is 16.1. The molecule has 2 aromatic carbocycles. The van der Waals surface area contributed by atoms with Gasteiger partial charge in [0.05, 0.1) is 17.6 Å². The maximum atomic E-state index is 12.3. The Morgan fingerprint density at radius 1 is 1.03 bits per heavy atom. The summed E-state index contributed by atoms with van der Waals surface area (Å²) in [6.07, 6.45) is 6.03. The first-order valence-electron chi connectivity index (χ1n) is 11.0. The zero-order chi connectivity index (χ0) is 22.8. The van der Waals surface area contributed by atoms with E-state index in [2.05, 4.69) is 15.6 Å². The van der Waals surface area contributed by atoms with Gasteiger partial charge in [0.25, 0.3) is 5.91 Å². The predicted octanol–water partition coefficient (Wildman–Crippen LogP) is 3.24. The number of benzene rings is 2. The predicted molar refractivity (Wildman–Crippen MR) is 127 cm³/mol. The summed E-state index contributed by atoms with van der Waals surface area (Å²) in [7, 11) is 0. The minimum absolute atomic E-state index is 0.0429. The molecule has 1 aliphatic carbocycles. The number of nitrogens with two attached hydrogens (primary N) is 1. The van der Waals surface area contributed by atoms with Crippen molar-refractivity contribution >= 4 is 23.3 Å². The molecule has 1 aliphatic rings. The molecule has 0 aliphatic heterocycles. The molecule has 33 heavy (non-hydrogen) atoms. The monoisotopic (exact) mass is 440 g/mol. The highest BCUT2D eigenvalue weighted by Gasteiger charge is 2.23. The number of hydrogen-bond donors (Lipinski definition) is 3. The van der Waals surface area contributed by atoms with Crippen molar-refractivity contribution in [3.63, 3.8) is 0 Å². The van der Waals surface area contributed by atoms with Crippen molar-refractivity contribution in [3.05, 3.63) is 72.6 Å². The van der Waals surface area contributed by atoms with Crippen LogP contribution in [-0.2, 0) is 4.79 Å². The Kier molecular flexibility index (Phi) is 5.48. The van der Waals surface area contributed by atoms with E-state index in [-0.39, 0.29) is 18.2 Å². The molecule has 4 aromatic rings. The fourth-order valence-corrected chi connectivity index (χ4v) is 3.66. The molecule has 5 rings (SSSR count). The van der Waals surface area contributed by atoms with Gasteiger partial charge < -0.3 is 16.4 Å². The van der Waals surface area contributed by atoms with Gasteiger partial charge in [-0.2, -0.15) is 0 Å². The molecule has 0 radical (unpaired) electrons. The van der Waals surface area contributed by atoms with Crippen molar-refractivity contribution in [3.8, 4) is 22.5 Å². The van der Waals surface area contributed by atoms with Crippen molar-refractivity contribution in [2.45, 2.75) is 25.3 Å².